The Hall–Kier alpha value is -0.860. The number of piperazine rings is 1. The number of nitrogens with zero attached hydrogens (tertiary/aromatic N) is 1. The van der Waals surface area contributed by atoms with Crippen LogP contribution in [0.3, 0.4) is 0 Å². The van der Waals surface area contributed by atoms with Crippen LogP contribution in [0.15, 0.2) is 12.1 Å². The van der Waals surface area contributed by atoms with Crippen LogP contribution in [0.4, 0.5) is 0 Å². The van der Waals surface area contributed by atoms with Gasteiger partial charge in [0.25, 0.3) is 0 Å². The van der Waals surface area contributed by atoms with Gasteiger partial charge < -0.3 is 5.32 Å². The molecule has 1 aromatic rings. The molecule has 0 aromatic heterocycles. The molecule has 1 atom stereocenters. The average molecular weight is 218 g/mol. The van der Waals surface area contributed by atoms with Crippen molar-refractivity contribution in [2.45, 2.75) is 26.8 Å². The Kier molecular flexibility index (Phi) is 3.31. The van der Waals surface area contributed by atoms with Crippen molar-refractivity contribution in [3.05, 3.63) is 34.4 Å². The summed E-state index contributed by atoms with van der Waals surface area (Å²) >= 11 is 0. The van der Waals surface area contributed by atoms with E-state index in [1.54, 1.807) is 0 Å². The van der Waals surface area contributed by atoms with E-state index in [2.05, 4.69) is 50.2 Å². The van der Waals surface area contributed by atoms with E-state index in [4.69, 9.17) is 0 Å². The first-order valence-electron chi connectivity index (χ1n) is 6.08. The highest BCUT2D eigenvalue weighted by molar-refractivity contribution is 5.40. The van der Waals surface area contributed by atoms with Crippen LogP contribution in [0.1, 0.15) is 28.3 Å². The van der Waals surface area contributed by atoms with Gasteiger partial charge >= 0.3 is 0 Å². The Morgan fingerprint density at radius 1 is 1.19 bits per heavy atom. The standard InChI is InChI=1S/C14H22N2/c1-10-7-11(2)14(12(3)8-10)13-9-15-5-6-16(13)4/h7-8,13,15H,5-6,9H2,1-4H3. The predicted molar refractivity (Wildman–Crippen MR) is 68.9 cm³/mol. The number of rotatable bonds is 1. The summed E-state index contributed by atoms with van der Waals surface area (Å²) < 4.78 is 0. The minimum absolute atomic E-state index is 0.536. The molecule has 0 spiro atoms. The van der Waals surface area contributed by atoms with Crippen LogP contribution < -0.4 is 5.32 Å². The van der Waals surface area contributed by atoms with E-state index in [-0.39, 0.29) is 0 Å². The van der Waals surface area contributed by atoms with Crippen LogP contribution >= 0.6 is 0 Å². The van der Waals surface area contributed by atoms with Crippen LogP contribution in [0.2, 0.25) is 0 Å². The van der Waals surface area contributed by atoms with E-state index in [0.29, 0.717) is 6.04 Å². The van der Waals surface area contributed by atoms with Gasteiger partial charge in [0.15, 0.2) is 0 Å². The van der Waals surface area contributed by atoms with Crippen molar-refractivity contribution in [1.82, 2.24) is 10.2 Å². The largest absolute Gasteiger partial charge is 0.314 e. The number of aryl methyl sites for hydroxylation is 3. The van der Waals surface area contributed by atoms with Gasteiger partial charge in [-0.25, -0.2) is 0 Å². The lowest BCUT2D eigenvalue weighted by atomic mass is 9.92. The molecular weight excluding hydrogens is 196 g/mol. The van der Waals surface area contributed by atoms with Crippen molar-refractivity contribution in [2.24, 2.45) is 0 Å². The number of benzene rings is 1. The maximum atomic E-state index is 3.49. The molecule has 0 amide bonds. The van der Waals surface area contributed by atoms with Crippen molar-refractivity contribution < 1.29 is 0 Å². The Labute approximate surface area is 98.7 Å². The molecule has 0 aliphatic carbocycles. The average Bonchev–Trinajstić information content (AvgIpc) is 2.19. The molecule has 2 heteroatoms. The topological polar surface area (TPSA) is 15.3 Å². The lowest BCUT2D eigenvalue weighted by Gasteiger charge is -2.35. The molecule has 1 unspecified atom stereocenters. The maximum absolute atomic E-state index is 3.49. The second kappa shape index (κ2) is 4.56. The molecule has 1 heterocycles. The van der Waals surface area contributed by atoms with Crippen molar-refractivity contribution in [3.8, 4) is 0 Å². The van der Waals surface area contributed by atoms with Crippen LogP contribution in [-0.4, -0.2) is 31.6 Å². The van der Waals surface area contributed by atoms with Gasteiger partial charge in [0, 0.05) is 25.7 Å². The Morgan fingerprint density at radius 2 is 1.81 bits per heavy atom. The molecule has 16 heavy (non-hydrogen) atoms. The molecule has 2 rings (SSSR count). The highest BCUT2D eigenvalue weighted by atomic mass is 15.2. The number of hydrogen-bond donors (Lipinski definition) is 1. The summed E-state index contributed by atoms with van der Waals surface area (Å²) in [5.41, 5.74) is 5.74. The smallest absolute Gasteiger partial charge is 0.0475 e. The summed E-state index contributed by atoms with van der Waals surface area (Å²) in [4.78, 5) is 2.46. The zero-order chi connectivity index (χ0) is 11.7. The molecule has 1 saturated heterocycles. The summed E-state index contributed by atoms with van der Waals surface area (Å²) in [6.45, 7) is 9.96. The van der Waals surface area contributed by atoms with E-state index in [9.17, 15) is 0 Å². The molecular formula is C14H22N2. The fourth-order valence-electron chi connectivity index (χ4n) is 2.85. The van der Waals surface area contributed by atoms with Crippen LogP contribution in [0.5, 0.6) is 0 Å². The first-order chi connectivity index (χ1) is 7.59. The molecule has 1 aliphatic heterocycles. The first kappa shape index (κ1) is 11.6. The molecule has 88 valence electrons. The second-order valence-corrected chi connectivity index (χ2v) is 5.01. The molecule has 1 fully saturated rings. The van der Waals surface area contributed by atoms with Gasteiger partial charge in [-0.2, -0.15) is 0 Å². The van der Waals surface area contributed by atoms with E-state index in [0.717, 1.165) is 19.6 Å². The van der Waals surface area contributed by atoms with Gasteiger partial charge in [-0.05, 0) is 44.5 Å². The summed E-state index contributed by atoms with van der Waals surface area (Å²) in [7, 11) is 2.23. The first-order valence-corrected chi connectivity index (χ1v) is 6.08. The van der Waals surface area contributed by atoms with Crippen LogP contribution in [-0.2, 0) is 0 Å². The van der Waals surface area contributed by atoms with E-state index >= 15 is 0 Å². The zero-order valence-corrected chi connectivity index (χ0v) is 10.8. The summed E-state index contributed by atoms with van der Waals surface area (Å²) in [5.74, 6) is 0. The van der Waals surface area contributed by atoms with E-state index < -0.39 is 0 Å². The highest BCUT2D eigenvalue weighted by Gasteiger charge is 2.23. The van der Waals surface area contributed by atoms with Gasteiger partial charge in [0.2, 0.25) is 0 Å². The van der Waals surface area contributed by atoms with Crippen LogP contribution in [0, 0.1) is 20.8 Å². The molecule has 1 N–H and O–H groups in total. The number of hydrogen-bond acceptors (Lipinski definition) is 2. The Balaban J connectivity index is 2.38. The van der Waals surface area contributed by atoms with Gasteiger partial charge in [0.1, 0.15) is 0 Å². The SMILES string of the molecule is Cc1cc(C)c(C2CNCCN2C)c(C)c1. The normalized spacial score (nSPS) is 22.4. The Morgan fingerprint density at radius 3 is 2.38 bits per heavy atom. The summed E-state index contributed by atoms with van der Waals surface area (Å²) in [5, 5.41) is 3.49. The molecule has 0 radical (unpaired) electrons. The Bertz CT molecular complexity index is 361. The summed E-state index contributed by atoms with van der Waals surface area (Å²) in [6.07, 6.45) is 0. The van der Waals surface area contributed by atoms with Gasteiger partial charge in [-0.1, -0.05) is 17.7 Å². The van der Waals surface area contributed by atoms with Crippen molar-refractivity contribution in [3.63, 3.8) is 0 Å². The fraction of sp³-hybridized carbons (Fsp3) is 0.571. The van der Waals surface area contributed by atoms with Crippen molar-refractivity contribution in [2.75, 3.05) is 26.7 Å². The lowest BCUT2D eigenvalue weighted by molar-refractivity contribution is 0.201. The van der Waals surface area contributed by atoms with Gasteiger partial charge in [-0.15, -0.1) is 0 Å². The van der Waals surface area contributed by atoms with Gasteiger partial charge in [-0.3, -0.25) is 4.90 Å². The molecule has 2 nitrogen and oxygen atoms in total. The van der Waals surface area contributed by atoms with Crippen LogP contribution in [0.25, 0.3) is 0 Å². The highest BCUT2D eigenvalue weighted by Crippen LogP contribution is 2.27. The molecule has 0 bridgehead atoms. The van der Waals surface area contributed by atoms with E-state index in [1.165, 1.54) is 22.3 Å². The third-order valence-electron chi connectivity index (χ3n) is 3.58. The van der Waals surface area contributed by atoms with E-state index in [1.807, 2.05) is 0 Å². The van der Waals surface area contributed by atoms with Crippen molar-refractivity contribution in [1.29, 1.82) is 0 Å². The van der Waals surface area contributed by atoms with Crippen molar-refractivity contribution >= 4 is 0 Å². The van der Waals surface area contributed by atoms with Gasteiger partial charge in [0.05, 0.1) is 0 Å². The maximum Gasteiger partial charge on any atom is 0.0475 e. The quantitative estimate of drug-likeness (QED) is 0.777. The third kappa shape index (κ3) is 2.13. The molecule has 1 aromatic carbocycles. The summed E-state index contributed by atoms with van der Waals surface area (Å²) in [6, 6.07) is 5.13. The minimum atomic E-state index is 0.536. The number of nitrogens with one attached hydrogen (secondary N) is 1. The lowest BCUT2D eigenvalue weighted by Crippen LogP contribution is -2.44. The zero-order valence-electron chi connectivity index (χ0n) is 10.8. The fourth-order valence-corrected chi connectivity index (χ4v) is 2.85. The molecule has 1 aliphatic rings. The molecule has 0 saturated carbocycles. The predicted octanol–water partition coefficient (Wildman–Crippen LogP) is 2.19. The number of likely N-dealkylation sites (N-methyl/N-ethyl adjacent to an activating group) is 1. The second-order valence-electron chi connectivity index (χ2n) is 5.01. The minimum Gasteiger partial charge on any atom is -0.314 e. The monoisotopic (exact) mass is 218 g/mol. The third-order valence-corrected chi connectivity index (χ3v) is 3.58.